The van der Waals surface area contributed by atoms with Crippen LogP contribution in [0.15, 0.2) is 85.0 Å². The van der Waals surface area contributed by atoms with E-state index in [9.17, 15) is 0 Å². The van der Waals surface area contributed by atoms with Gasteiger partial charge in [0.05, 0.1) is 0 Å². The molecule has 4 rings (SSSR count). The molecule has 1 saturated carbocycles. The zero-order valence-electron chi connectivity index (χ0n) is 22.0. The second-order valence-electron chi connectivity index (χ2n) is 10.9. The molecule has 1 spiro atoms. The van der Waals surface area contributed by atoms with Crippen molar-refractivity contribution in [2.45, 2.75) is 69.9 Å². The number of hydrogen-bond donors (Lipinski definition) is 0. The first-order chi connectivity index (χ1) is 16.1. The zero-order valence-corrected chi connectivity index (χ0v) is 27.0. The Morgan fingerprint density at radius 2 is 1.46 bits per heavy atom. The van der Waals surface area contributed by atoms with Crippen molar-refractivity contribution in [3.05, 3.63) is 97.4 Å². The van der Waals surface area contributed by atoms with Gasteiger partial charge in [0, 0.05) is 0 Å². The van der Waals surface area contributed by atoms with Crippen LogP contribution in [0.1, 0.15) is 40.0 Å². The van der Waals surface area contributed by atoms with Gasteiger partial charge in [-0.25, -0.2) is 0 Å². The summed E-state index contributed by atoms with van der Waals surface area (Å²) in [6, 6.07) is 22.6. The number of hydrogen-bond acceptors (Lipinski definition) is 0. The molecule has 3 atom stereocenters. The van der Waals surface area contributed by atoms with Crippen LogP contribution in [-0.2, 0) is 17.0 Å². The van der Waals surface area contributed by atoms with Gasteiger partial charge in [-0.1, -0.05) is 133 Å². The normalized spacial score (nSPS) is 23.5. The maximum absolute atomic E-state index is 5.44. The van der Waals surface area contributed by atoms with Crippen LogP contribution < -0.4 is 10.6 Å². The molecular weight excluding hydrogens is 540 g/mol. The summed E-state index contributed by atoms with van der Waals surface area (Å²) in [7, 11) is 7.62. The van der Waals surface area contributed by atoms with Crippen molar-refractivity contribution in [1.29, 1.82) is 0 Å². The van der Waals surface area contributed by atoms with Gasteiger partial charge in [0.1, 0.15) is 0 Å². The molecule has 0 saturated heterocycles. The second-order valence-corrected chi connectivity index (χ2v) is 20.2. The molecule has 0 bridgehead atoms. The summed E-state index contributed by atoms with van der Waals surface area (Å²) in [5.74, 6) is 0. The molecule has 0 radical (unpaired) electrons. The molecule has 1 nitrogen and oxygen atoms in total. The van der Waals surface area contributed by atoms with Gasteiger partial charge in [-0.2, -0.15) is 0 Å². The number of rotatable bonds is 5. The van der Waals surface area contributed by atoms with E-state index < -0.39 is 33.2 Å². The van der Waals surface area contributed by atoms with Gasteiger partial charge in [0.2, 0.25) is 0 Å². The molecule has 6 heteroatoms. The molecule has 0 heterocycles. The summed E-state index contributed by atoms with van der Waals surface area (Å²) in [6.45, 7) is 11.8. The topological polar surface area (TPSA) is 14.1 Å². The fraction of sp³-hybridized carbons (Fsp3) is 0.414. The molecular formula is C29H40Cl2NPSiTi-2. The molecule has 2 aromatic carbocycles. The van der Waals surface area contributed by atoms with Gasteiger partial charge in [-0.05, 0) is 48.9 Å². The fourth-order valence-electron chi connectivity index (χ4n) is 5.80. The fourth-order valence-corrected chi connectivity index (χ4v) is 12.9. The Morgan fingerprint density at radius 3 is 1.89 bits per heavy atom. The van der Waals surface area contributed by atoms with Crippen LogP contribution in [0.4, 0.5) is 0 Å². The number of allylic oxidation sites excluding steroid dienone is 4. The van der Waals surface area contributed by atoms with E-state index in [1.165, 1.54) is 29.9 Å². The third-order valence-electron chi connectivity index (χ3n) is 6.97. The molecule has 2 aromatic rings. The molecule has 190 valence electrons. The van der Waals surface area contributed by atoms with E-state index in [4.69, 9.17) is 23.6 Å². The summed E-state index contributed by atoms with van der Waals surface area (Å²) >= 11 is -0.556. The molecule has 35 heavy (non-hydrogen) atoms. The average Bonchev–Trinajstić information content (AvgIpc) is 3.14. The Bertz CT molecular complexity index is 922. The van der Waals surface area contributed by atoms with E-state index in [0.717, 1.165) is 5.54 Å². The van der Waals surface area contributed by atoms with Gasteiger partial charge in [0.25, 0.3) is 0 Å². The SMILES string of the molecule is CC(C)(C)[N-][Si](C)(C)C1CC(P(c2ccccc2)c2ccccc2)C2(C=CC=CC2)C1.[CH3-].[Cl][Ti][Cl]. The third kappa shape index (κ3) is 8.15. The summed E-state index contributed by atoms with van der Waals surface area (Å²) in [6.07, 6.45) is 13.3. The maximum atomic E-state index is 5.44. The molecule has 0 aliphatic heterocycles. The standard InChI is InChI=1S/C28H37NPSi.CH3.2ClH.Ti/c1-27(2,3)29-31(4,5)25-21-26(28(22-25)19-13-8-14-20-28)30(23-15-9-6-10-16-23)24-17-11-7-12-18-24;;;;/h6-19,25-26H,20-22H2,1-5H3;1H3;2*1H;/q2*-1;;;+2/p-2. The van der Waals surface area contributed by atoms with Crippen LogP contribution in [0.2, 0.25) is 18.6 Å². The van der Waals surface area contributed by atoms with Crippen LogP contribution in [0.3, 0.4) is 0 Å². The van der Waals surface area contributed by atoms with Crippen molar-refractivity contribution in [3.8, 4) is 0 Å². The van der Waals surface area contributed by atoms with Crippen LogP contribution in [0, 0.1) is 12.8 Å². The summed E-state index contributed by atoms with van der Waals surface area (Å²) < 4.78 is 0. The molecule has 0 amide bonds. The van der Waals surface area contributed by atoms with Crippen molar-refractivity contribution in [2.24, 2.45) is 5.41 Å². The minimum atomic E-state index is -1.73. The molecule has 3 unspecified atom stereocenters. The minimum absolute atomic E-state index is 0. The average molecular weight is 580 g/mol. The Hall–Kier alpha value is -0.179. The van der Waals surface area contributed by atoms with E-state index in [0.29, 0.717) is 5.66 Å². The number of nitrogens with zero attached hydrogens (tertiary/aromatic N) is 1. The van der Waals surface area contributed by atoms with E-state index in [-0.39, 0.29) is 18.4 Å². The molecule has 2 aliphatic carbocycles. The van der Waals surface area contributed by atoms with Crippen LogP contribution >= 0.6 is 26.5 Å². The van der Waals surface area contributed by atoms with Gasteiger partial charge >= 0.3 is 35.6 Å². The van der Waals surface area contributed by atoms with Crippen molar-refractivity contribution >= 4 is 45.4 Å². The van der Waals surface area contributed by atoms with E-state index in [1.54, 1.807) is 0 Å². The van der Waals surface area contributed by atoms with E-state index in [2.05, 4.69) is 119 Å². The van der Waals surface area contributed by atoms with E-state index >= 15 is 0 Å². The molecule has 1 fully saturated rings. The van der Waals surface area contributed by atoms with Gasteiger partial charge < -0.3 is 12.4 Å². The Balaban J connectivity index is 0.00000103. The quantitative estimate of drug-likeness (QED) is 0.190. The first kappa shape index (κ1) is 31.0. The Labute approximate surface area is 233 Å². The third-order valence-corrected chi connectivity index (χ3v) is 13.7. The van der Waals surface area contributed by atoms with Gasteiger partial charge in [-0.3, -0.25) is 0 Å². The summed E-state index contributed by atoms with van der Waals surface area (Å²) in [5, 5.41) is 3.04. The first-order valence-corrected chi connectivity index (χ1v) is 20.8. The predicted octanol–water partition coefficient (Wildman–Crippen LogP) is 9.36. The van der Waals surface area contributed by atoms with Crippen molar-refractivity contribution in [1.82, 2.24) is 0 Å². The van der Waals surface area contributed by atoms with Gasteiger partial charge in [-0.15, -0.1) is 5.54 Å². The monoisotopic (exact) mass is 579 g/mol. The van der Waals surface area contributed by atoms with Crippen LogP contribution in [0.25, 0.3) is 4.98 Å². The van der Waals surface area contributed by atoms with Crippen molar-refractivity contribution in [2.75, 3.05) is 0 Å². The number of benzene rings is 2. The van der Waals surface area contributed by atoms with Crippen LogP contribution in [-0.4, -0.2) is 19.4 Å². The Kier molecular flexibility index (Phi) is 12.0. The molecule has 0 N–H and O–H groups in total. The van der Waals surface area contributed by atoms with E-state index in [1.807, 2.05) is 0 Å². The molecule has 2 aliphatic rings. The van der Waals surface area contributed by atoms with Crippen LogP contribution in [0.5, 0.6) is 0 Å². The Morgan fingerprint density at radius 1 is 0.943 bits per heavy atom. The van der Waals surface area contributed by atoms with Crippen molar-refractivity contribution < 1.29 is 17.0 Å². The summed E-state index contributed by atoms with van der Waals surface area (Å²) in [4.78, 5) is 5.44. The number of halogens is 2. The second kappa shape index (κ2) is 13.6. The molecule has 0 aromatic heterocycles. The summed E-state index contributed by atoms with van der Waals surface area (Å²) in [5.41, 5.74) is 1.69. The van der Waals surface area contributed by atoms with Crippen molar-refractivity contribution in [3.63, 3.8) is 0 Å². The predicted molar refractivity (Wildman–Crippen MR) is 160 cm³/mol. The zero-order chi connectivity index (χ0) is 24.8. The van der Waals surface area contributed by atoms with Gasteiger partial charge in [0.15, 0.2) is 0 Å². The first-order valence-electron chi connectivity index (χ1n) is 12.1.